The Morgan fingerprint density at radius 3 is 2.52 bits per heavy atom. The molecular formula is C17H17FN2O. The molecule has 0 aliphatic carbocycles. The van der Waals surface area contributed by atoms with E-state index in [9.17, 15) is 9.18 Å². The number of rotatable bonds is 5. The first-order valence-electron chi connectivity index (χ1n) is 6.71. The van der Waals surface area contributed by atoms with Crippen LogP contribution in [0.4, 0.5) is 4.39 Å². The Bertz CT molecular complexity index is 678. The zero-order valence-corrected chi connectivity index (χ0v) is 12.2. The van der Waals surface area contributed by atoms with E-state index in [1.54, 1.807) is 24.3 Å². The molecule has 4 heteroatoms. The zero-order chi connectivity index (χ0) is 15.4. The molecule has 0 spiro atoms. The number of Topliss-reactive ketones (excluding diaryl/α,β-unsaturated/α-hetero) is 1. The second kappa shape index (κ2) is 6.39. The zero-order valence-electron chi connectivity index (χ0n) is 12.2. The summed E-state index contributed by atoms with van der Waals surface area (Å²) in [5, 5.41) is 7.85. The van der Waals surface area contributed by atoms with Crippen LogP contribution in [0.2, 0.25) is 0 Å². The first-order valence-corrected chi connectivity index (χ1v) is 6.71. The van der Waals surface area contributed by atoms with Crippen molar-refractivity contribution in [3.8, 4) is 0 Å². The van der Waals surface area contributed by atoms with Crippen LogP contribution < -0.4 is 0 Å². The van der Waals surface area contributed by atoms with Gasteiger partial charge in [0.25, 0.3) is 0 Å². The molecule has 0 radical (unpaired) electrons. The molecule has 3 nitrogen and oxygen atoms in total. The summed E-state index contributed by atoms with van der Waals surface area (Å²) < 4.78 is 13.9. The minimum Gasteiger partial charge on any atom is -0.299 e. The molecule has 0 aliphatic heterocycles. The summed E-state index contributed by atoms with van der Waals surface area (Å²) in [4.78, 5) is 12.0. The molecule has 0 fully saturated rings. The van der Waals surface area contributed by atoms with E-state index in [0.29, 0.717) is 11.3 Å². The molecule has 0 saturated carbocycles. The maximum Gasteiger partial charge on any atom is 0.143 e. The molecule has 0 atom stereocenters. The lowest BCUT2D eigenvalue weighted by Gasteiger charge is -2.06. The van der Waals surface area contributed by atoms with Crippen molar-refractivity contribution in [2.45, 2.75) is 26.7 Å². The Labute approximate surface area is 123 Å². The first kappa shape index (κ1) is 15.0. The van der Waals surface area contributed by atoms with Gasteiger partial charge in [0, 0.05) is 6.42 Å². The van der Waals surface area contributed by atoms with Crippen molar-refractivity contribution in [3.05, 3.63) is 65.2 Å². The van der Waals surface area contributed by atoms with Crippen molar-refractivity contribution in [2.75, 3.05) is 0 Å². The number of aryl methyl sites for hydroxylation is 1. The number of nitrogens with zero attached hydrogens (tertiary/aromatic N) is 2. The lowest BCUT2D eigenvalue weighted by Crippen LogP contribution is -2.10. The second-order valence-electron chi connectivity index (χ2n) is 5.14. The van der Waals surface area contributed by atoms with E-state index in [2.05, 4.69) is 16.8 Å². The molecule has 2 aromatic rings. The van der Waals surface area contributed by atoms with Crippen molar-refractivity contribution >= 4 is 11.4 Å². The molecule has 1 aromatic carbocycles. The topological polar surface area (TPSA) is 42.9 Å². The van der Waals surface area contributed by atoms with Crippen LogP contribution in [0.3, 0.4) is 0 Å². The largest absolute Gasteiger partial charge is 0.299 e. The van der Waals surface area contributed by atoms with E-state index in [1.807, 2.05) is 13.8 Å². The number of hydrogen-bond donors (Lipinski definition) is 0. The van der Waals surface area contributed by atoms with Crippen molar-refractivity contribution in [1.29, 1.82) is 0 Å². The van der Waals surface area contributed by atoms with Crippen molar-refractivity contribution in [1.82, 2.24) is 10.2 Å². The third-order valence-electron chi connectivity index (χ3n) is 3.16. The highest BCUT2D eigenvalue weighted by molar-refractivity contribution is 5.82. The van der Waals surface area contributed by atoms with Gasteiger partial charge in [0.1, 0.15) is 11.6 Å². The van der Waals surface area contributed by atoms with Crippen LogP contribution in [-0.4, -0.2) is 16.0 Å². The van der Waals surface area contributed by atoms with E-state index < -0.39 is 0 Å². The predicted octanol–water partition coefficient (Wildman–Crippen LogP) is 3.31. The molecule has 21 heavy (non-hydrogen) atoms. The fourth-order valence-electron chi connectivity index (χ4n) is 1.95. The third kappa shape index (κ3) is 4.05. The number of carbonyl (C=O) groups is 1. The lowest BCUT2D eigenvalue weighted by molar-refractivity contribution is -0.117. The quantitative estimate of drug-likeness (QED) is 0.846. The summed E-state index contributed by atoms with van der Waals surface area (Å²) in [7, 11) is 0. The highest BCUT2D eigenvalue weighted by atomic mass is 19.1. The van der Waals surface area contributed by atoms with Gasteiger partial charge in [-0.05, 0) is 43.2 Å². The minimum absolute atomic E-state index is 0.0534. The van der Waals surface area contributed by atoms with Crippen LogP contribution in [0.1, 0.15) is 29.4 Å². The van der Waals surface area contributed by atoms with Crippen molar-refractivity contribution in [3.63, 3.8) is 0 Å². The molecule has 0 unspecified atom stereocenters. The average Bonchev–Trinajstić information content (AvgIpc) is 2.43. The molecule has 0 aliphatic rings. The van der Waals surface area contributed by atoms with Crippen molar-refractivity contribution in [2.24, 2.45) is 0 Å². The maximum atomic E-state index is 13.9. The van der Waals surface area contributed by atoms with E-state index in [1.165, 1.54) is 6.07 Å². The van der Waals surface area contributed by atoms with Gasteiger partial charge in [-0.1, -0.05) is 24.3 Å². The summed E-state index contributed by atoms with van der Waals surface area (Å²) in [5.74, 6) is -0.464. The first-order chi connectivity index (χ1) is 9.95. The van der Waals surface area contributed by atoms with Gasteiger partial charge in [-0.25, -0.2) is 4.39 Å². The molecule has 0 saturated heterocycles. The molecule has 0 N–H and O–H groups in total. The number of halogens is 1. The van der Waals surface area contributed by atoms with Gasteiger partial charge in [0.05, 0.1) is 17.8 Å². The smallest absolute Gasteiger partial charge is 0.143 e. The number of aromatic nitrogens is 2. The van der Waals surface area contributed by atoms with Gasteiger partial charge in [-0.3, -0.25) is 4.79 Å². The summed E-state index contributed by atoms with van der Waals surface area (Å²) in [5.41, 5.74) is 3.33. The average molecular weight is 284 g/mol. The molecule has 2 rings (SSSR count). The Morgan fingerprint density at radius 1 is 1.19 bits per heavy atom. The number of allylic oxidation sites excluding steroid dienone is 1. The van der Waals surface area contributed by atoms with E-state index in [0.717, 1.165) is 16.8 Å². The lowest BCUT2D eigenvalue weighted by atomic mass is 10.0. The van der Waals surface area contributed by atoms with Gasteiger partial charge < -0.3 is 0 Å². The Balaban J connectivity index is 2.06. The maximum absolute atomic E-state index is 13.9. The van der Waals surface area contributed by atoms with Crippen LogP contribution >= 0.6 is 0 Å². The molecule has 108 valence electrons. The Morgan fingerprint density at radius 2 is 1.95 bits per heavy atom. The van der Waals surface area contributed by atoms with Crippen molar-refractivity contribution < 1.29 is 9.18 Å². The van der Waals surface area contributed by atoms with Crippen LogP contribution in [0.5, 0.6) is 0 Å². The highest BCUT2D eigenvalue weighted by Crippen LogP contribution is 2.17. The van der Waals surface area contributed by atoms with E-state index in [-0.39, 0.29) is 24.4 Å². The minimum atomic E-state index is -0.376. The van der Waals surface area contributed by atoms with Crippen LogP contribution in [0.15, 0.2) is 36.9 Å². The number of ketones is 1. The molecule has 0 bridgehead atoms. The van der Waals surface area contributed by atoms with E-state index >= 15 is 0 Å². The normalized spacial score (nSPS) is 10.4. The molecule has 1 aromatic heterocycles. The van der Waals surface area contributed by atoms with Gasteiger partial charge in [-0.2, -0.15) is 10.2 Å². The number of carbonyl (C=O) groups excluding carboxylic acids is 1. The van der Waals surface area contributed by atoms with Gasteiger partial charge in [0.2, 0.25) is 0 Å². The molecular weight excluding hydrogens is 267 g/mol. The third-order valence-corrected chi connectivity index (χ3v) is 3.16. The van der Waals surface area contributed by atoms with Gasteiger partial charge in [-0.15, -0.1) is 0 Å². The SMILES string of the molecule is C=C(C)c1ccc(CC(=O)Cc2ccc(C)nn2)c(F)c1. The van der Waals surface area contributed by atoms with Gasteiger partial charge in [0.15, 0.2) is 0 Å². The fraction of sp³-hybridized carbons (Fsp3) is 0.235. The fourth-order valence-corrected chi connectivity index (χ4v) is 1.95. The Hall–Kier alpha value is -2.36. The van der Waals surface area contributed by atoms with Gasteiger partial charge >= 0.3 is 0 Å². The number of hydrogen-bond acceptors (Lipinski definition) is 3. The van der Waals surface area contributed by atoms with E-state index in [4.69, 9.17) is 0 Å². The predicted molar refractivity (Wildman–Crippen MR) is 80.3 cm³/mol. The number of benzene rings is 1. The van der Waals surface area contributed by atoms with Crippen LogP contribution in [0.25, 0.3) is 5.57 Å². The summed E-state index contributed by atoms with van der Waals surface area (Å²) in [6.07, 6.45) is 0.215. The van der Waals surface area contributed by atoms with Crippen LogP contribution in [0, 0.1) is 12.7 Å². The standard InChI is InChI=1S/C17H17FN2O/c1-11(2)13-5-6-14(17(18)9-13)8-16(21)10-15-7-4-12(3)19-20-15/h4-7,9H,1,8,10H2,2-3H3. The highest BCUT2D eigenvalue weighted by Gasteiger charge is 2.11. The summed E-state index contributed by atoms with van der Waals surface area (Å²) in [6, 6.07) is 8.40. The summed E-state index contributed by atoms with van der Waals surface area (Å²) in [6.45, 7) is 7.42. The summed E-state index contributed by atoms with van der Waals surface area (Å²) >= 11 is 0. The molecule has 1 heterocycles. The molecule has 0 amide bonds. The Kier molecular flexibility index (Phi) is 4.58. The van der Waals surface area contributed by atoms with Crippen LogP contribution in [-0.2, 0) is 17.6 Å². The second-order valence-corrected chi connectivity index (χ2v) is 5.14. The monoisotopic (exact) mass is 284 g/mol.